The Morgan fingerprint density at radius 3 is 2.10 bits per heavy atom. The van der Waals surface area contributed by atoms with Crippen molar-refractivity contribution in [1.29, 1.82) is 0 Å². The minimum absolute atomic E-state index is 0.301. The molecule has 0 unspecified atom stereocenters. The van der Waals surface area contributed by atoms with E-state index in [0.717, 1.165) is 36.5 Å². The van der Waals surface area contributed by atoms with Crippen molar-refractivity contribution in [2.75, 3.05) is 31.1 Å². The third kappa shape index (κ3) is 4.69. The fourth-order valence-electron chi connectivity index (χ4n) is 3.39. The minimum Gasteiger partial charge on any atom is -0.352 e. The lowest BCUT2D eigenvalue weighted by Crippen LogP contribution is -2.49. The van der Waals surface area contributed by atoms with E-state index in [2.05, 4.69) is 10.2 Å². The first-order valence-electron chi connectivity index (χ1n) is 9.45. The Hall–Kier alpha value is -2.20. The molecule has 2 heterocycles. The lowest BCUT2D eigenvalue weighted by Gasteiger charge is -2.34. The SMILES string of the molecule is O=S(=O)(Cc1ccc(C(F)(F)F)cc1)N1CCN(c2ccc(C3CC3)nn2)CC1. The zero-order valence-corrected chi connectivity index (χ0v) is 16.5. The highest BCUT2D eigenvalue weighted by atomic mass is 32.2. The maximum absolute atomic E-state index is 12.7. The summed E-state index contributed by atoms with van der Waals surface area (Å²) in [5.74, 6) is 0.944. The summed E-state index contributed by atoms with van der Waals surface area (Å²) >= 11 is 0. The number of alkyl halides is 3. The number of aromatic nitrogens is 2. The van der Waals surface area contributed by atoms with Gasteiger partial charge >= 0.3 is 6.18 Å². The molecule has 29 heavy (non-hydrogen) atoms. The van der Waals surface area contributed by atoms with E-state index in [0.29, 0.717) is 37.7 Å². The van der Waals surface area contributed by atoms with Crippen molar-refractivity contribution in [3.05, 3.63) is 53.2 Å². The fraction of sp³-hybridized carbons (Fsp3) is 0.474. The summed E-state index contributed by atoms with van der Waals surface area (Å²) in [7, 11) is -3.61. The van der Waals surface area contributed by atoms with Gasteiger partial charge in [0.05, 0.1) is 17.0 Å². The summed E-state index contributed by atoms with van der Waals surface area (Å²) in [5.41, 5.74) is 0.551. The zero-order chi connectivity index (χ0) is 20.6. The molecule has 6 nitrogen and oxygen atoms in total. The molecular weight excluding hydrogens is 405 g/mol. The van der Waals surface area contributed by atoms with Gasteiger partial charge in [-0.25, -0.2) is 8.42 Å². The van der Waals surface area contributed by atoms with Crippen molar-refractivity contribution in [3.63, 3.8) is 0 Å². The average Bonchev–Trinajstić information content (AvgIpc) is 3.53. The predicted octanol–water partition coefficient (Wildman–Crippen LogP) is 3.02. The van der Waals surface area contributed by atoms with Crippen LogP contribution in [0.25, 0.3) is 0 Å². The molecule has 1 saturated carbocycles. The van der Waals surface area contributed by atoms with Crippen LogP contribution in [-0.4, -0.2) is 49.1 Å². The molecule has 1 saturated heterocycles. The molecule has 1 aromatic carbocycles. The average molecular weight is 426 g/mol. The van der Waals surface area contributed by atoms with Crippen LogP contribution in [-0.2, 0) is 22.0 Å². The smallest absolute Gasteiger partial charge is 0.352 e. The van der Waals surface area contributed by atoms with Gasteiger partial charge in [-0.05, 0) is 42.7 Å². The molecule has 0 N–H and O–H groups in total. The van der Waals surface area contributed by atoms with Gasteiger partial charge in [-0.15, -0.1) is 5.10 Å². The van der Waals surface area contributed by atoms with E-state index in [1.54, 1.807) is 0 Å². The molecule has 0 amide bonds. The van der Waals surface area contributed by atoms with Crippen molar-refractivity contribution >= 4 is 15.8 Å². The first kappa shape index (κ1) is 20.1. The normalized spacial score (nSPS) is 18.8. The third-order valence-corrected chi connectivity index (χ3v) is 7.10. The Kier molecular flexibility index (Phi) is 5.24. The molecule has 0 bridgehead atoms. The molecule has 2 aliphatic rings. The van der Waals surface area contributed by atoms with Crippen molar-refractivity contribution in [1.82, 2.24) is 14.5 Å². The van der Waals surface area contributed by atoms with E-state index in [-0.39, 0.29) is 5.75 Å². The van der Waals surface area contributed by atoms with Crippen LogP contribution in [0.3, 0.4) is 0 Å². The number of halogens is 3. The van der Waals surface area contributed by atoms with Crippen molar-refractivity contribution in [3.8, 4) is 0 Å². The van der Waals surface area contributed by atoms with E-state index in [1.165, 1.54) is 16.4 Å². The number of nitrogens with zero attached hydrogens (tertiary/aromatic N) is 4. The van der Waals surface area contributed by atoms with E-state index in [4.69, 9.17) is 0 Å². The largest absolute Gasteiger partial charge is 0.416 e. The molecule has 1 aromatic heterocycles. The Bertz CT molecular complexity index is 950. The molecule has 1 aliphatic heterocycles. The maximum atomic E-state index is 12.7. The fourth-order valence-corrected chi connectivity index (χ4v) is 4.90. The topological polar surface area (TPSA) is 66.4 Å². The first-order chi connectivity index (χ1) is 13.7. The van der Waals surface area contributed by atoms with Gasteiger partial charge < -0.3 is 4.90 Å². The number of rotatable bonds is 5. The van der Waals surface area contributed by atoms with E-state index >= 15 is 0 Å². The number of hydrogen-bond acceptors (Lipinski definition) is 5. The quantitative estimate of drug-likeness (QED) is 0.735. The summed E-state index contributed by atoms with van der Waals surface area (Å²) in [4.78, 5) is 1.99. The number of anilines is 1. The molecule has 156 valence electrons. The Morgan fingerprint density at radius 2 is 1.59 bits per heavy atom. The van der Waals surface area contributed by atoms with E-state index in [1.807, 2.05) is 17.0 Å². The standard InChI is InChI=1S/C19H21F3N4O2S/c20-19(21,22)16-5-1-14(2-6-16)13-29(27,28)26-11-9-25(10-12-26)18-8-7-17(23-24-18)15-3-4-15/h1-2,5-8,15H,3-4,9-13H2. The molecule has 4 rings (SSSR count). The second-order valence-electron chi connectivity index (χ2n) is 7.43. The van der Waals surface area contributed by atoms with Gasteiger partial charge in [-0.3, -0.25) is 0 Å². The Morgan fingerprint density at radius 1 is 0.931 bits per heavy atom. The highest BCUT2D eigenvalue weighted by Crippen LogP contribution is 2.38. The molecular formula is C19H21F3N4O2S. The second-order valence-corrected chi connectivity index (χ2v) is 9.40. The van der Waals surface area contributed by atoms with Gasteiger partial charge in [-0.1, -0.05) is 12.1 Å². The minimum atomic E-state index is -4.44. The summed E-state index contributed by atoms with van der Waals surface area (Å²) in [6, 6.07) is 8.15. The van der Waals surface area contributed by atoms with Crippen LogP contribution in [0.1, 0.15) is 35.6 Å². The van der Waals surface area contributed by atoms with Gasteiger partial charge in [0.15, 0.2) is 5.82 Å². The van der Waals surface area contributed by atoms with Crippen LogP contribution < -0.4 is 4.90 Å². The maximum Gasteiger partial charge on any atom is 0.416 e. The van der Waals surface area contributed by atoms with Crippen molar-refractivity contribution in [2.45, 2.75) is 30.7 Å². The number of hydrogen-bond donors (Lipinski definition) is 0. The number of sulfonamides is 1. The molecule has 0 radical (unpaired) electrons. The van der Waals surface area contributed by atoms with Crippen molar-refractivity contribution < 1.29 is 21.6 Å². The monoisotopic (exact) mass is 426 g/mol. The summed E-state index contributed by atoms with van der Waals surface area (Å²) in [5, 5.41) is 8.52. The van der Waals surface area contributed by atoms with Gasteiger partial charge in [0.25, 0.3) is 0 Å². The van der Waals surface area contributed by atoms with E-state index in [9.17, 15) is 21.6 Å². The van der Waals surface area contributed by atoms with Crippen LogP contribution in [0.2, 0.25) is 0 Å². The second kappa shape index (κ2) is 7.56. The lowest BCUT2D eigenvalue weighted by molar-refractivity contribution is -0.137. The zero-order valence-electron chi connectivity index (χ0n) is 15.6. The number of piperazine rings is 1. The number of benzene rings is 1. The highest BCUT2D eigenvalue weighted by molar-refractivity contribution is 7.88. The molecule has 1 aliphatic carbocycles. The molecule has 0 spiro atoms. The molecule has 2 fully saturated rings. The Balaban J connectivity index is 1.35. The molecule has 10 heteroatoms. The summed E-state index contributed by atoms with van der Waals surface area (Å²) in [6.07, 6.45) is -2.12. The summed E-state index contributed by atoms with van der Waals surface area (Å²) < 4.78 is 64.7. The van der Waals surface area contributed by atoms with Crippen molar-refractivity contribution in [2.24, 2.45) is 0 Å². The van der Waals surface area contributed by atoms with Crippen LogP contribution >= 0.6 is 0 Å². The molecule has 0 atom stereocenters. The predicted molar refractivity (Wildman–Crippen MR) is 102 cm³/mol. The van der Waals surface area contributed by atoms with Gasteiger partial charge in [-0.2, -0.15) is 22.6 Å². The van der Waals surface area contributed by atoms with Gasteiger partial charge in [0, 0.05) is 32.1 Å². The van der Waals surface area contributed by atoms with Crippen LogP contribution in [0.4, 0.5) is 19.0 Å². The van der Waals surface area contributed by atoms with E-state index < -0.39 is 21.8 Å². The molecule has 2 aromatic rings. The van der Waals surface area contributed by atoms with Crippen LogP contribution in [0, 0.1) is 0 Å². The highest BCUT2D eigenvalue weighted by Gasteiger charge is 2.31. The van der Waals surface area contributed by atoms with Gasteiger partial charge in [0.2, 0.25) is 10.0 Å². The summed E-state index contributed by atoms with van der Waals surface area (Å²) in [6.45, 7) is 1.58. The van der Waals surface area contributed by atoms with Gasteiger partial charge in [0.1, 0.15) is 0 Å². The van der Waals surface area contributed by atoms with Crippen LogP contribution in [0.5, 0.6) is 0 Å². The first-order valence-corrected chi connectivity index (χ1v) is 11.1. The lowest BCUT2D eigenvalue weighted by atomic mass is 10.1. The Labute approximate surface area is 167 Å². The van der Waals surface area contributed by atoms with Crippen LogP contribution in [0.15, 0.2) is 36.4 Å². The third-order valence-electron chi connectivity index (χ3n) is 5.25.